The fourth-order valence-corrected chi connectivity index (χ4v) is 2.50. The average Bonchev–Trinajstić information content (AvgIpc) is 2.43. The van der Waals surface area contributed by atoms with E-state index >= 15 is 0 Å². The van der Waals surface area contributed by atoms with Crippen molar-refractivity contribution in [3.63, 3.8) is 0 Å². The molecule has 133 valence electrons. The number of alkyl carbamates (subject to hydrolysis) is 1. The summed E-state index contributed by atoms with van der Waals surface area (Å²) >= 11 is 2.92. The molecule has 1 rings (SSSR count). The number of nitrogens with one attached hydrogen (secondary N) is 2. The Hall–Kier alpha value is -1.52. The molecule has 0 heterocycles. The molecule has 0 aliphatic heterocycles. The third-order valence-electron chi connectivity index (χ3n) is 2.96. The summed E-state index contributed by atoms with van der Waals surface area (Å²) in [7, 11) is 0. The molecule has 6 heteroatoms. The molecule has 1 aromatic carbocycles. The molecule has 1 unspecified atom stereocenters. The van der Waals surface area contributed by atoms with Crippen LogP contribution in [0.15, 0.2) is 35.3 Å². The van der Waals surface area contributed by atoms with Crippen molar-refractivity contribution in [3.05, 3.63) is 30.3 Å². The van der Waals surface area contributed by atoms with Crippen molar-refractivity contribution in [1.29, 1.82) is 0 Å². The number of aliphatic imine (C=N–C) groups is 1. The van der Waals surface area contributed by atoms with Crippen molar-refractivity contribution < 1.29 is 9.53 Å². The van der Waals surface area contributed by atoms with E-state index in [4.69, 9.17) is 4.74 Å². The van der Waals surface area contributed by atoms with Crippen molar-refractivity contribution in [3.8, 4) is 0 Å². The van der Waals surface area contributed by atoms with Gasteiger partial charge in [-0.15, -0.1) is 0 Å². The molecule has 5 nitrogen and oxygen atoms in total. The number of hydrogen-bond donors (Lipinski definition) is 2. The van der Waals surface area contributed by atoms with Crippen molar-refractivity contribution in [1.82, 2.24) is 5.32 Å². The van der Waals surface area contributed by atoms with Crippen LogP contribution in [0.3, 0.4) is 0 Å². The van der Waals surface area contributed by atoms with Crippen LogP contribution in [0.1, 0.15) is 41.0 Å². The maximum absolute atomic E-state index is 12.0. The van der Waals surface area contributed by atoms with Gasteiger partial charge in [-0.2, -0.15) is 0 Å². The second kappa shape index (κ2) is 9.70. The molecule has 1 aromatic rings. The minimum atomic E-state index is -0.506. The number of ether oxygens (including phenoxy) is 1. The van der Waals surface area contributed by atoms with E-state index in [2.05, 4.69) is 45.5 Å². The van der Waals surface area contributed by atoms with Crippen LogP contribution in [-0.2, 0) is 4.74 Å². The third kappa shape index (κ3) is 9.58. The molecule has 1 atom stereocenters. The molecule has 0 aliphatic rings. The Labute approximate surface area is 153 Å². The van der Waals surface area contributed by atoms with Crippen LogP contribution in [0.5, 0.6) is 0 Å². The molecule has 2 N–H and O–H groups in total. The summed E-state index contributed by atoms with van der Waals surface area (Å²) in [5.41, 5.74) is 0.462. The van der Waals surface area contributed by atoms with Gasteiger partial charge in [0.2, 0.25) is 0 Å². The minimum absolute atomic E-state index is 0.0687. The fraction of sp³-hybridized carbons (Fsp3) is 0.556. The number of carbonyl (C=O) groups is 1. The predicted octanol–water partition coefficient (Wildman–Crippen LogP) is 3.56. The zero-order chi connectivity index (χ0) is 18.2. The van der Waals surface area contributed by atoms with Gasteiger partial charge in [0.15, 0.2) is 0 Å². The summed E-state index contributed by atoms with van der Waals surface area (Å²) in [6.07, 6.45) is 0.433. The Morgan fingerprint density at radius 3 is 2.42 bits per heavy atom. The Morgan fingerprint density at radius 1 is 1.25 bits per heavy atom. The molecular weight excluding hydrogens is 369 g/mol. The molecule has 0 aliphatic carbocycles. The Bertz CT molecular complexity index is 539. The number of anilines is 1. The number of amidine groups is 1. The van der Waals surface area contributed by atoms with E-state index in [0.29, 0.717) is 17.2 Å². The maximum atomic E-state index is 12.0. The number of benzene rings is 1. The summed E-state index contributed by atoms with van der Waals surface area (Å²) in [6.45, 7) is 10.3. The standard InChI is InChI=1S/C18H28N3O2Se/c1-13(2)11-15(21-17(22)23-18(3,4)5)12-19-16(24)20-14-9-7-6-8-10-14/h6-10,13,15H,11-12H2,1-5H3,(H,19,20)(H,21,22). The first-order valence-corrected chi connectivity index (χ1v) is 9.04. The molecule has 0 spiro atoms. The Kier molecular flexibility index (Phi) is 8.29. The van der Waals surface area contributed by atoms with Crippen LogP contribution >= 0.6 is 0 Å². The molecule has 0 fully saturated rings. The topological polar surface area (TPSA) is 62.7 Å². The first-order chi connectivity index (χ1) is 11.2. The van der Waals surface area contributed by atoms with E-state index in [1.165, 1.54) is 0 Å². The fourth-order valence-electron chi connectivity index (χ4n) is 2.10. The molecule has 0 saturated carbocycles. The number of nitrogens with zero attached hydrogens (tertiary/aromatic N) is 1. The molecule has 24 heavy (non-hydrogen) atoms. The van der Waals surface area contributed by atoms with Crippen LogP contribution in [-0.4, -0.2) is 45.0 Å². The van der Waals surface area contributed by atoms with E-state index in [9.17, 15) is 4.79 Å². The van der Waals surface area contributed by atoms with E-state index in [1.807, 2.05) is 51.1 Å². The first-order valence-electron chi connectivity index (χ1n) is 8.19. The second-order valence-corrected chi connectivity index (χ2v) is 7.92. The SMILES string of the molecule is CC(C)CC(CN=C([Se])Nc1ccccc1)NC(=O)OC(C)(C)C. The number of carbonyl (C=O) groups excluding carboxylic acids is 1. The van der Waals surface area contributed by atoms with Crippen molar-refractivity contribution in [2.75, 3.05) is 11.9 Å². The van der Waals surface area contributed by atoms with Gasteiger partial charge in [-0.05, 0) is 0 Å². The summed E-state index contributed by atoms with van der Waals surface area (Å²) in [5, 5.41) is 6.11. The van der Waals surface area contributed by atoms with E-state index in [0.717, 1.165) is 12.1 Å². The molecule has 1 radical (unpaired) electrons. The first kappa shape index (κ1) is 20.5. The van der Waals surface area contributed by atoms with Crippen LogP contribution in [0.25, 0.3) is 0 Å². The number of para-hydroxylation sites is 1. The quantitative estimate of drug-likeness (QED) is 0.438. The average molecular weight is 397 g/mol. The van der Waals surface area contributed by atoms with Crippen LogP contribution in [0.2, 0.25) is 0 Å². The molecule has 0 aromatic heterocycles. The van der Waals surface area contributed by atoms with Gasteiger partial charge in [0, 0.05) is 0 Å². The van der Waals surface area contributed by atoms with Gasteiger partial charge in [-0.3, -0.25) is 0 Å². The van der Waals surface area contributed by atoms with Crippen LogP contribution in [0.4, 0.5) is 10.5 Å². The molecule has 1 amide bonds. The van der Waals surface area contributed by atoms with Crippen LogP contribution in [0, 0.1) is 5.92 Å². The summed E-state index contributed by atoms with van der Waals surface area (Å²) in [5.74, 6) is 0.450. The predicted molar refractivity (Wildman–Crippen MR) is 101 cm³/mol. The molecule has 0 bridgehead atoms. The zero-order valence-electron chi connectivity index (χ0n) is 15.1. The summed E-state index contributed by atoms with van der Waals surface area (Å²) in [4.78, 5) is 16.5. The van der Waals surface area contributed by atoms with Gasteiger partial charge in [-0.25, -0.2) is 0 Å². The number of amides is 1. The Balaban J connectivity index is 2.61. The number of hydrogen-bond acceptors (Lipinski definition) is 3. The third-order valence-corrected chi connectivity index (χ3v) is 3.44. The summed E-state index contributed by atoms with van der Waals surface area (Å²) in [6, 6.07) is 9.75. The van der Waals surface area contributed by atoms with E-state index < -0.39 is 11.7 Å². The second-order valence-electron chi connectivity index (χ2n) is 7.11. The van der Waals surface area contributed by atoms with Gasteiger partial charge in [0.1, 0.15) is 0 Å². The van der Waals surface area contributed by atoms with E-state index in [1.54, 1.807) is 0 Å². The molecule has 0 saturated heterocycles. The van der Waals surface area contributed by atoms with Crippen molar-refractivity contribution in [2.24, 2.45) is 10.9 Å². The van der Waals surface area contributed by atoms with Gasteiger partial charge in [-0.1, -0.05) is 0 Å². The van der Waals surface area contributed by atoms with Gasteiger partial charge in [0.05, 0.1) is 0 Å². The summed E-state index contributed by atoms with van der Waals surface area (Å²) < 4.78 is 6.03. The van der Waals surface area contributed by atoms with Crippen molar-refractivity contribution in [2.45, 2.75) is 52.7 Å². The molecular formula is C18H28N3O2Se. The monoisotopic (exact) mass is 398 g/mol. The van der Waals surface area contributed by atoms with E-state index in [-0.39, 0.29) is 6.04 Å². The van der Waals surface area contributed by atoms with Crippen molar-refractivity contribution >= 4 is 32.5 Å². The normalized spacial score (nSPS) is 13.5. The van der Waals surface area contributed by atoms with Crippen LogP contribution < -0.4 is 10.6 Å². The Morgan fingerprint density at radius 2 is 1.88 bits per heavy atom. The number of rotatable bonds is 6. The van der Waals surface area contributed by atoms with Gasteiger partial charge < -0.3 is 0 Å². The van der Waals surface area contributed by atoms with Gasteiger partial charge in [0.25, 0.3) is 0 Å². The van der Waals surface area contributed by atoms with Gasteiger partial charge >= 0.3 is 153 Å². The zero-order valence-corrected chi connectivity index (χ0v) is 16.8.